The average Bonchev–Trinajstić information content (AvgIpc) is 3.25. The highest BCUT2D eigenvalue weighted by atomic mass is 32.5. The predicted molar refractivity (Wildman–Crippen MR) is 177 cm³/mol. The molecule has 2 aliphatic carbocycles. The molecule has 1 unspecified atom stereocenters. The third kappa shape index (κ3) is 6.03. The summed E-state index contributed by atoms with van der Waals surface area (Å²) < 4.78 is 94.9. The molecule has 1 saturated heterocycles. The van der Waals surface area contributed by atoms with E-state index in [9.17, 15) is 24.2 Å². The SMILES string of the molecule is CC(=O)O[C@H]1c2nc(C(C)C)c3c(c2C(O[Si](C)(C)C(C)(C)C)CC12CCC2)C1(CCOCC1)O[C@@H]3c1ccc(S(F)(F)(F)(F)F)cc1. The lowest BCUT2D eigenvalue weighted by atomic mass is 9.57. The second-order valence-electron chi connectivity index (χ2n) is 16.2. The molecule has 6 nitrogen and oxygen atoms in total. The van der Waals surface area contributed by atoms with Gasteiger partial charge in [0.1, 0.15) is 17.1 Å². The summed E-state index contributed by atoms with van der Waals surface area (Å²) in [5.41, 5.74) is 2.94. The Kier molecular flexibility index (Phi) is 7.99. The fourth-order valence-corrected chi connectivity index (χ4v) is 9.78. The molecule has 4 aliphatic rings. The molecule has 268 valence electrons. The van der Waals surface area contributed by atoms with E-state index in [-0.39, 0.29) is 22.5 Å². The largest absolute Gasteiger partial charge is 0.455 e. The quantitative estimate of drug-likeness (QED) is 0.168. The van der Waals surface area contributed by atoms with Crippen molar-refractivity contribution in [1.29, 1.82) is 0 Å². The van der Waals surface area contributed by atoms with E-state index in [2.05, 4.69) is 33.9 Å². The topological polar surface area (TPSA) is 66.9 Å². The van der Waals surface area contributed by atoms with Crippen molar-refractivity contribution in [3.63, 3.8) is 0 Å². The van der Waals surface area contributed by atoms with Gasteiger partial charge in [-0.1, -0.05) is 72.6 Å². The van der Waals surface area contributed by atoms with Crippen molar-refractivity contribution in [2.75, 3.05) is 13.2 Å². The number of nitrogens with zero attached hydrogens (tertiary/aromatic N) is 1. The summed E-state index contributed by atoms with van der Waals surface area (Å²) in [5.74, 6) is -0.542. The van der Waals surface area contributed by atoms with Crippen molar-refractivity contribution in [3.8, 4) is 0 Å². The van der Waals surface area contributed by atoms with Crippen molar-refractivity contribution in [2.24, 2.45) is 5.41 Å². The van der Waals surface area contributed by atoms with Gasteiger partial charge in [0.15, 0.2) is 8.32 Å². The van der Waals surface area contributed by atoms with Crippen molar-refractivity contribution < 1.29 is 42.9 Å². The van der Waals surface area contributed by atoms with Crippen LogP contribution < -0.4 is 0 Å². The molecule has 6 rings (SSSR count). The lowest BCUT2D eigenvalue weighted by molar-refractivity contribution is -0.167. The highest BCUT2D eigenvalue weighted by Crippen LogP contribution is 3.02. The Morgan fingerprint density at radius 2 is 1.60 bits per heavy atom. The maximum absolute atomic E-state index is 13.7. The Bertz CT molecular complexity index is 1610. The molecule has 1 aromatic heterocycles. The Hall–Kier alpha value is -2.06. The standard InChI is InChI=1S/C35H48F5NO5SSi/c1-21(2)29-27-28(35(16-18-43-19-17-35)45-31(27)23-10-12-24(13-11-23)47(36,37,38,39)40)26-25(46-48(7,8)33(4,5)6)20-34(14-9-15-34)32(30(26)41-29)44-22(3)42/h10-13,21,25,31-32H,9,14-20H2,1-8H3/t25?,31-,32+/m1/s1. The monoisotopic (exact) mass is 717 g/mol. The predicted octanol–water partition coefficient (Wildman–Crippen LogP) is 11.2. The molecule has 0 amide bonds. The molecule has 2 aromatic rings. The van der Waals surface area contributed by atoms with Gasteiger partial charge in [-0.2, -0.15) is 0 Å². The van der Waals surface area contributed by atoms with Crippen molar-refractivity contribution in [1.82, 2.24) is 4.98 Å². The van der Waals surface area contributed by atoms with E-state index in [0.717, 1.165) is 48.1 Å². The Morgan fingerprint density at radius 3 is 2.08 bits per heavy atom. The molecule has 0 N–H and O–H groups in total. The van der Waals surface area contributed by atoms with Crippen LogP contribution in [-0.4, -0.2) is 32.5 Å². The number of ether oxygens (including phenoxy) is 3. The smallest absolute Gasteiger partial charge is 0.310 e. The van der Waals surface area contributed by atoms with Crippen LogP contribution in [0.1, 0.15) is 138 Å². The van der Waals surface area contributed by atoms with Crippen LogP contribution in [0.25, 0.3) is 0 Å². The molecule has 2 spiro atoms. The van der Waals surface area contributed by atoms with Gasteiger partial charge in [0.2, 0.25) is 0 Å². The summed E-state index contributed by atoms with van der Waals surface area (Å²) in [7, 11) is -12.3. The van der Waals surface area contributed by atoms with Crippen LogP contribution in [0.15, 0.2) is 29.2 Å². The number of carbonyl (C=O) groups excluding carboxylic acids is 1. The molecule has 13 heteroatoms. The van der Waals surface area contributed by atoms with Crippen LogP contribution in [0.4, 0.5) is 19.4 Å². The number of benzene rings is 1. The average molecular weight is 718 g/mol. The first-order valence-corrected chi connectivity index (χ1v) is 21.8. The zero-order chi connectivity index (χ0) is 35.4. The molecule has 2 fully saturated rings. The number of pyridine rings is 1. The lowest BCUT2D eigenvalue weighted by Gasteiger charge is -2.54. The first-order chi connectivity index (χ1) is 21.9. The maximum Gasteiger partial charge on any atom is 0.310 e. The second-order valence-corrected chi connectivity index (χ2v) is 23.3. The van der Waals surface area contributed by atoms with Crippen molar-refractivity contribution >= 4 is 24.5 Å². The minimum absolute atomic E-state index is 0.110. The van der Waals surface area contributed by atoms with Crippen LogP contribution in [-0.2, 0) is 29.0 Å². The van der Waals surface area contributed by atoms with Gasteiger partial charge in [0.25, 0.3) is 0 Å². The van der Waals surface area contributed by atoms with E-state index in [1.807, 2.05) is 13.8 Å². The molecule has 1 aromatic carbocycles. The Morgan fingerprint density at radius 1 is 1.00 bits per heavy atom. The molecule has 48 heavy (non-hydrogen) atoms. The Labute approximate surface area is 281 Å². The van der Waals surface area contributed by atoms with Gasteiger partial charge < -0.3 is 18.6 Å². The lowest BCUT2D eigenvalue weighted by Crippen LogP contribution is -2.49. The third-order valence-electron chi connectivity index (χ3n) is 11.5. The number of hydrogen-bond donors (Lipinski definition) is 0. The number of carbonyl (C=O) groups is 1. The fraction of sp³-hybridized carbons (Fsp3) is 0.657. The number of fused-ring (bicyclic) bond motifs is 4. The minimum atomic E-state index is -9.88. The Balaban J connectivity index is 1.64. The van der Waals surface area contributed by atoms with Gasteiger partial charge >= 0.3 is 16.2 Å². The van der Waals surface area contributed by atoms with Gasteiger partial charge in [-0.3, -0.25) is 9.78 Å². The first kappa shape index (κ1) is 35.8. The maximum atomic E-state index is 13.7. The van der Waals surface area contributed by atoms with E-state index in [1.165, 1.54) is 6.92 Å². The summed E-state index contributed by atoms with van der Waals surface area (Å²) in [6, 6.07) is 3.10. The van der Waals surface area contributed by atoms with Crippen molar-refractivity contribution in [3.05, 3.63) is 57.9 Å². The van der Waals surface area contributed by atoms with E-state index >= 15 is 0 Å². The molecular formula is C35H48F5NO5SSi. The summed E-state index contributed by atoms with van der Waals surface area (Å²) in [6.45, 7) is 17.2. The number of halogens is 5. The van der Waals surface area contributed by atoms with Crippen LogP contribution in [0.2, 0.25) is 18.1 Å². The molecule has 0 bridgehead atoms. The number of esters is 1. The normalized spacial score (nSPS) is 26.4. The van der Waals surface area contributed by atoms with Gasteiger partial charge in [0, 0.05) is 55.2 Å². The zero-order valence-corrected chi connectivity index (χ0v) is 30.9. The van der Waals surface area contributed by atoms with Gasteiger partial charge in [-0.05, 0) is 66.6 Å². The van der Waals surface area contributed by atoms with Crippen molar-refractivity contribution in [2.45, 2.75) is 133 Å². The number of hydrogen-bond acceptors (Lipinski definition) is 6. The van der Waals surface area contributed by atoms with E-state index < -0.39 is 47.2 Å². The highest BCUT2D eigenvalue weighted by molar-refractivity contribution is 8.45. The van der Waals surface area contributed by atoms with Crippen LogP contribution >= 0.6 is 10.2 Å². The first-order valence-electron chi connectivity index (χ1n) is 16.9. The molecule has 3 heterocycles. The fourth-order valence-electron chi connectivity index (χ4n) is 7.87. The van der Waals surface area contributed by atoms with Gasteiger partial charge in [-0.25, -0.2) is 0 Å². The number of aromatic nitrogens is 1. The zero-order valence-electron chi connectivity index (χ0n) is 29.1. The minimum Gasteiger partial charge on any atom is -0.455 e. The van der Waals surface area contributed by atoms with Crippen LogP contribution in [0.3, 0.4) is 0 Å². The van der Waals surface area contributed by atoms with E-state index in [1.54, 1.807) is 0 Å². The third-order valence-corrected chi connectivity index (χ3v) is 17.1. The van der Waals surface area contributed by atoms with E-state index in [0.29, 0.717) is 61.6 Å². The van der Waals surface area contributed by atoms with E-state index in [4.69, 9.17) is 23.6 Å². The summed E-state index contributed by atoms with van der Waals surface area (Å²) in [5, 5.41) is -0.110. The van der Waals surface area contributed by atoms with Gasteiger partial charge in [-0.15, -0.1) is 0 Å². The molecular weight excluding hydrogens is 670 g/mol. The van der Waals surface area contributed by atoms with Crippen LogP contribution in [0.5, 0.6) is 0 Å². The second kappa shape index (κ2) is 10.7. The van der Waals surface area contributed by atoms with Gasteiger partial charge in [0.05, 0.1) is 17.4 Å². The molecule has 0 radical (unpaired) electrons. The molecule has 3 atom stereocenters. The number of rotatable bonds is 6. The molecule has 1 saturated carbocycles. The van der Waals surface area contributed by atoms with Crippen LogP contribution in [0, 0.1) is 5.41 Å². The summed E-state index contributed by atoms with van der Waals surface area (Å²) in [6.07, 6.45) is 2.50. The highest BCUT2D eigenvalue weighted by Gasteiger charge is 2.65. The molecule has 2 aliphatic heterocycles. The summed E-state index contributed by atoms with van der Waals surface area (Å²) >= 11 is 0. The summed E-state index contributed by atoms with van der Waals surface area (Å²) in [4.78, 5) is 16.1.